The highest BCUT2D eigenvalue weighted by Crippen LogP contribution is 2.23. The second-order valence-electron chi connectivity index (χ2n) is 6.60. The van der Waals surface area contributed by atoms with E-state index in [2.05, 4.69) is 22.0 Å². The summed E-state index contributed by atoms with van der Waals surface area (Å²) in [5.41, 5.74) is 2.06. The first kappa shape index (κ1) is 17.9. The van der Waals surface area contributed by atoms with Crippen LogP contribution in [0.3, 0.4) is 0 Å². The number of aromatic nitrogens is 1. The molecule has 4 nitrogen and oxygen atoms in total. The molecule has 25 heavy (non-hydrogen) atoms. The molecular formula is C20H24ClN3O. The molecule has 5 heteroatoms. The Kier molecular flexibility index (Phi) is 6.05. The SMILES string of the molecule is CN(C(=O)Cc1ccc(Cl)nc1)[C@H](CN1CCCC1)c1ccccc1. The molecule has 132 valence electrons. The van der Waals surface area contributed by atoms with E-state index in [-0.39, 0.29) is 11.9 Å². The lowest BCUT2D eigenvalue weighted by molar-refractivity contribution is -0.131. The number of hydrogen-bond donors (Lipinski definition) is 0. The van der Waals surface area contributed by atoms with Crippen LogP contribution in [0.25, 0.3) is 0 Å². The van der Waals surface area contributed by atoms with Gasteiger partial charge in [-0.05, 0) is 43.1 Å². The molecule has 0 radical (unpaired) electrons. The van der Waals surface area contributed by atoms with Crippen molar-refractivity contribution in [2.75, 3.05) is 26.7 Å². The number of nitrogens with zero attached hydrogens (tertiary/aromatic N) is 3. The van der Waals surface area contributed by atoms with Crippen molar-refractivity contribution in [1.82, 2.24) is 14.8 Å². The van der Waals surface area contributed by atoms with Gasteiger partial charge in [-0.3, -0.25) is 4.79 Å². The fourth-order valence-electron chi connectivity index (χ4n) is 3.32. The number of pyridine rings is 1. The summed E-state index contributed by atoms with van der Waals surface area (Å²) in [6, 6.07) is 13.9. The summed E-state index contributed by atoms with van der Waals surface area (Å²) >= 11 is 5.82. The molecule has 0 unspecified atom stereocenters. The van der Waals surface area contributed by atoms with E-state index in [4.69, 9.17) is 11.6 Å². The van der Waals surface area contributed by atoms with E-state index in [0.29, 0.717) is 11.6 Å². The minimum absolute atomic E-state index is 0.0621. The van der Waals surface area contributed by atoms with Gasteiger partial charge in [0, 0.05) is 19.8 Å². The number of likely N-dealkylation sites (N-methyl/N-ethyl adjacent to an activating group) is 1. The van der Waals surface area contributed by atoms with Gasteiger partial charge in [0.15, 0.2) is 0 Å². The van der Waals surface area contributed by atoms with Crippen molar-refractivity contribution in [3.8, 4) is 0 Å². The fourth-order valence-corrected chi connectivity index (χ4v) is 3.43. The van der Waals surface area contributed by atoms with Crippen LogP contribution < -0.4 is 0 Å². The lowest BCUT2D eigenvalue weighted by atomic mass is 10.0. The van der Waals surface area contributed by atoms with Crippen LogP contribution in [-0.4, -0.2) is 47.4 Å². The molecule has 1 atom stereocenters. The van der Waals surface area contributed by atoms with Gasteiger partial charge in [-0.15, -0.1) is 0 Å². The van der Waals surface area contributed by atoms with E-state index in [1.165, 1.54) is 18.4 Å². The Labute approximate surface area is 154 Å². The third-order valence-electron chi connectivity index (χ3n) is 4.82. The minimum Gasteiger partial charge on any atom is -0.337 e. The standard InChI is InChI=1S/C20H24ClN3O/c1-23(20(25)13-16-9-10-19(21)22-14-16)18(15-24-11-5-6-12-24)17-7-3-2-4-8-17/h2-4,7-10,14,18H,5-6,11-13,15H2,1H3/t18-/m1/s1. The third-order valence-corrected chi connectivity index (χ3v) is 5.04. The number of likely N-dealkylation sites (tertiary alicyclic amines) is 1. The van der Waals surface area contributed by atoms with Gasteiger partial charge in [-0.1, -0.05) is 48.0 Å². The number of carbonyl (C=O) groups excluding carboxylic acids is 1. The van der Waals surface area contributed by atoms with Crippen molar-refractivity contribution in [3.63, 3.8) is 0 Å². The lowest BCUT2D eigenvalue weighted by Gasteiger charge is -2.32. The first-order valence-corrected chi connectivity index (χ1v) is 9.14. The van der Waals surface area contributed by atoms with Gasteiger partial charge in [0.2, 0.25) is 5.91 Å². The highest BCUT2D eigenvalue weighted by Gasteiger charge is 2.25. The molecule has 1 aliphatic heterocycles. The van der Waals surface area contributed by atoms with E-state index in [0.717, 1.165) is 25.2 Å². The monoisotopic (exact) mass is 357 g/mol. The molecule has 1 amide bonds. The van der Waals surface area contributed by atoms with Gasteiger partial charge in [0.05, 0.1) is 12.5 Å². The van der Waals surface area contributed by atoms with Crippen molar-refractivity contribution in [2.45, 2.75) is 25.3 Å². The smallest absolute Gasteiger partial charge is 0.227 e. The third kappa shape index (κ3) is 4.80. The van der Waals surface area contributed by atoms with Crippen molar-refractivity contribution in [2.24, 2.45) is 0 Å². The van der Waals surface area contributed by atoms with Crippen LogP contribution in [0.15, 0.2) is 48.7 Å². The predicted octanol–water partition coefficient (Wildman–Crippen LogP) is 3.57. The average Bonchev–Trinajstić information content (AvgIpc) is 3.15. The van der Waals surface area contributed by atoms with Gasteiger partial charge >= 0.3 is 0 Å². The highest BCUT2D eigenvalue weighted by atomic mass is 35.5. The number of carbonyl (C=O) groups is 1. The molecule has 0 N–H and O–H groups in total. The van der Waals surface area contributed by atoms with E-state index in [1.54, 1.807) is 12.3 Å². The number of amides is 1. The first-order valence-electron chi connectivity index (χ1n) is 8.77. The Hall–Kier alpha value is -1.91. The zero-order valence-electron chi connectivity index (χ0n) is 14.6. The van der Waals surface area contributed by atoms with Crippen molar-refractivity contribution in [3.05, 3.63) is 64.9 Å². The molecular weight excluding hydrogens is 334 g/mol. The Bertz CT molecular complexity index is 684. The van der Waals surface area contributed by atoms with E-state index in [1.807, 2.05) is 36.2 Å². The van der Waals surface area contributed by atoms with Crippen LogP contribution in [0.4, 0.5) is 0 Å². The molecule has 2 heterocycles. The topological polar surface area (TPSA) is 36.4 Å². The molecule has 1 aromatic carbocycles. The largest absolute Gasteiger partial charge is 0.337 e. The fraction of sp³-hybridized carbons (Fsp3) is 0.400. The zero-order chi connectivity index (χ0) is 17.6. The Morgan fingerprint density at radius 2 is 1.92 bits per heavy atom. The van der Waals surface area contributed by atoms with Gasteiger partial charge in [-0.25, -0.2) is 4.98 Å². The molecule has 2 aromatic rings. The highest BCUT2D eigenvalue weighted by molar-refractivity contribution is 6.29. The molecule has 3 rings (SSSR count). The van der Waals surface area contributed by atoms with Crippen molar-refractivity contribution < 1.29 is 4.79 Å². The summed E-state index contributed by atoms with van der Waals surface area (Å²) in [5, 5.41) is 0.445. The van der Waals surface area contributed by atoms with Crippen molar-refractivity contribution in [1.29, 1.82) is 0 Å². The number of halogens is 1. The zero-order valence-corrected chi connectivity index (χ0v) is 15.3. The van der Waals surface area contributed by atoms with Crippen LogP contribution in [0, 0.1) is 0 Å². The molecule has 1 aliphatic rings. The maximum absolute atomic E-state index is 12.8. The van der Waals surface area contributed by atoms with E-state index in [9.17, 15) is 4.79 Å². The number of hydrogen-bond acceptors (Lipinski definition) is 3. The molecule has 1 fully saturated rings. The summed E-state index contributed by atoms with van der Waals surface area (Å²) in [6.07, 6.45) is 4.50. The number of rotatable bonds is 6. The summed E-state index contributed by atoms with van der Waals surface area (Å²) in [6.45, 7) is 3.12. The maximum atomic E-state index is 12.8. The van der Waals surface area contributed by atoms with Gasteiger partial charge in [0.25, 0.3) is 0 Å². The Morgan fingerprint density at radius 3 is 2.56 bits per heavy atom. The van der Waals surface area contributed by atoms with Crippen LogP contribution in [0.2, 0.25) is 5.15 Å². The van der Waals surface area contributed by atoms with Crippen LogP contribution in [0.1, 0.15) is 30.0 Å². The second-order valence-corrected chi connectivity index (χ2v) is 6.99. The Balaban J connectivity index is 1.74. The first-order chi connectivity index (χ1) is 12.1. The van der Waals surface area contributed by atoms with Crippen molar-refractivity contribution >= 4 is 17.5 Å². The van der Waals surface area contributed by atoms with Gasteiger partial charge in [0.1, 0.15) is 5.15 Å². The molecule has 1 saturated heterocycles. The quantitative estimate of drug-likeness (QED) is 0.741. The molecule has 0 bridgehead atoms. The van der Waals surface area contributed by atoms with Crippen LogP contribution in [-0.2, 0) is 11.2 Å². The Morgan fingerprint density at radius 1 is 1.20 bits per heavy atom. The van der Waals surface area contributed by atoms with Crippen LogP contribution >= 0.6 is 11.6 Å². The molecule has 0 saturated carbocycles. The average molecular weight is 358 g/mol. The van der Waals surface area contributed by atoms with Gasteiger partial charge in [-0.2, -0.15) is 0 Å². The second kappa shape index (κ2) is 8.45. The number of benzene rings is 1. The van der Waals surface area contributed by atoms with Crippen LogP contribution in [0.5, 0.6) is 0 Å². The lowest BCUT2D eigenvalue weighted by Crippen LogP contribution is -2.39. The molecule has 0 aliphatic carbocycles. The maximum Gasteiger partial charge on any atom is 0.227 e. The summed E-state index contributed by atoms with van der Waals surface area (Å²) in [5.74, 6) is 0.0946. The predicted molar refractivity (Wildman–Crippen MR) is 101 cm³/mol. The van der Waals surface area contributed by atoms with E-state index >= 15 is 0 Å². The van der Waals surface area contributed by atoms with Gasteiger partial charge < -0.3 is 9.80 Å². The summed E-state index contributed by atoms with van der Waals surface area (Å²) in [4.78, 5) is 21.2. The molecule has 1 aromatic heterocycles. The van der Waals surface area contributed by atoms with E-state index < -0.39 is 0 Å². The summed E-state index contributed by atoms with van der Waals surface area (Å²) < 4.78 is 0. The molecule has 0 spiro atoms. The normalized spacial score (nSPS) is 15.9. The minimum atomic E-state index is 0.0621. The summed E-state index contributed by atoms with van der Waals surface area (Å²) in [7, 11) is 1.90.